The van der Waals surface area contributed by atoms with Gasteiger partial charge in [0.2, 0.25) is 11.9 Å². The molecule has 5 rings (SSSR count). The Labute approximate surface area is 219 Å². The van der Waals surface area contributed by atoms with E-state index in [9.17, 15) is 22.8 Å². The first-order valence-electron chi connectivity index (χ1n) is 11.7. The van der Waals surface area contributed by atoms with E-state index in [-0.39, 0.29) is 17.6 Å². The Morgan fingerprint density at radius 1 is 1.08 bits per heavy atom. The first-order chi connectivity index (χ1) is 18.1. The minimum atomic E-state index is -5.25. The Bertz CT molecular complexity index is 1380. The van der Waals surface area contributed by atoms with Crippen molar-refractivity contribution in [2.45, 2.75) is 19.6 Å². The van der Waals surface area contributed by atoms with Crippen molar-refractivity contribution in [2.24, 2.45) is 5.84 Å². The number of hydrogen-bond acceptors (Lipinski definition) is 9. The van der Waals surface area contributed by atoms with E-state index in [0.717, 1.165) is 16.9 Å². The van der Waals surface area contributed by atoms with E-state index >= 15 is 0 Å². The second-order valence-electron chi connectivity index (χ2n) is 8.88. The minimum absolute atomic E-state index is 0.00924. The van der Waals surface area contributed by atoms with Gasteiger partial charge in [0.05, 0.1) is 10.2 Å². The van der Waals surface area contributed by atoms with Crippen LogP contribution in [0.3, 0.4) is 0 Å². The number of amides is 1. The van der Waals surface area contributed by atoms with Gasteiger partial charge in [0, 0.05) is 38.4 Å². The van der Waals surface area contributed by atoms with Crippen molar-refractivity contribution in [1.82, 2.24) is 14.8 Å². The number of aromatic nitrogens is 1. The standard InChI is InChI=1S/C25H24F3N5O4S/c1-15(32-10-8-31(9-11-32)13-16-6-7-18-19(12-16)37-14-36-18)21(22(34)25(26,27)28)23(35)33(29)24-30-17-4-2-3-5-20(17)38-24/h2-7,12H,8-11,13-14,29H2,1H3/b21-15-. The maximum Gasteiger partial charge on any atom is 0.455 e. The second kappa shape index (κ2) is 10.2. The van der Waals surface area contributed by atoms with Gasteiger partial charge < -0.3 is 14.4 Å². The van der Waals surface area contributed by atoms with Crippen LogP contribution in [0.5, 0.6) is 11.5 Å². The van der Waals surface area contributed by atoms with Crippen LogP contribution in [0, 0.1) is 0 Å². The number of hydrogen-bond donors (Lipinski definition) is 1. The van der Waals surface area contributed by atoms with Crippen molar-refractivity contribution >= 4 is 38.4 Å². The molecular formula is C25H24F3N5O4S. The number of nitrogens with zero attached hydrogens (tertiary/aromatic N) is 4. The summed E-state index contributed by atoms with van der Waals surface area (Å²) in [5.74, 6) is 3.80. The zero-order chi connectivity index (χ0) is 27.0. The van der Waals surface area contributed by atoms with E-state index in [1.165, 1.54) is 6.92 Å². The zero-order valence-electron chi connectivity index (χ0n) is 20.3. The number of allylic oxidation sites excluding steroid dienone is 1. The SMILES string of the molecule is C/C(=C(/C(=O)N(N)c1nc2ccccc2s1)C(=O)C(F)(F)F)N1CCN(Cc2ccc3c(c2)OCO3)CC1. The van der Waals surface area contributed by atoms with Gasteiger partial charge in [0.25, 0.3) is 11.7 Å². The first-order valence-corrected chi connectivity index (χ1v) is 12.6. The molecule has 2 N–H and O–H groups in total. The number of anilines is 1. The summed E-state index contributed by atoms with van der Waals surface area (Å²) in [5.41, 5.74) is 0.464. The summed E-state index contributed by atoms with van der Waals surface area (Å²) in [4.78, 5) is 33.6. The lowest BCUT2D eigenvalue weighted by molar-refractivity contribution is -0.167. The predicted molar refractivity (Wildman–Crippen MR) is 134 cm³/mol. The van der Waals surface area contributed by atoms with Crippen LogP contribution in [-0.2, 0) is 16.1 Å². The average molecular weight is 548 g/mol. The van der Waals surface area contributed by atoms with Gasteiger partial charge in [-0.15, -0.1) is 0 Å². The van der Waals surface area contributed by atoms with Crippen LogP contribution >= 0.6 is 11.3 Å². The molecule has 13 heteroatoms. The molecule has 2 aliphatic heterocycles. The number of hydrazine groups is 1. The summed E-state index contributed by atoms with van der Waals surface area (Å²) < 4.78 is 52.1. The second-order valence-corrected chi connectivity index (χ2v) is 9.89. The van der Waals surface area contributed by atoms with Gasteiger partial charge in [-0.1, -0.05) is 29.5 Å². The maximum absolute atomic E-state index is 13.6. The maximum atomic E-state index is 13.6. The number of carbonyl (C=O) groups is 2. The fourth-order valence-corrected chi connectivity index (χ4v) is 5.31. The normalized spacial score (nSPS) is 16.5. The third-order valence-corrected chi connectivity index (χ3v) is 7.49. The van der Waals surface area contributed by atoms with E-state index in [4.69, 9.17) is 15.3 Å². The number of fused-ring (bicyclic) bond motifs is 2. The molecule has 0 atom stereocenters. The van der Waals surface area contributed by atoms with E-state index in [2.05, 4.69) is 9.88 Å². The quantitative estimate of drug-likeness (QED) is 0.125. The summed E-state index contributed by atoms with van der Waals surface area (Å²) in [6, 6.07) is 12.6. The van der Waals surface area contributed by atoms with Crippen molar-refractivity contribution in [3.05, 3.63) is 59.3 Å². The summed E-state index contributed by atoms with van der Waals surface area (Å²) in [6.07, 6.45) is -5.25. The predicted octanol–water partition coefficient (Wildman–Crippen LogP) is 3.45. The van der Waals surface area contributed by atoms with Crippen molar-refractivity contribution in [3.8, 4) is 11.5 Å². The molecule has 0 saturated carbocycles. The van der Waals surface area contributed by atoms with Crippen LogP contribution in [0.4, 0.5) is 18.3 Å². The summed E-state index contributed by atoms with van der Waals surface area (Å²) >= 11 is 1.04. The van der Waals surface area contributed by atoms with Gasteiger partial charge in [0.1, 0.15) is 5.57 Å². The van der Waals surface area contributed by atoms with Crippen LogP contribution in [0.1, 0.15) is 12.5 Å². The Balaban J connectivity index is 1.34. The molecule has 1 amide bonds. The molecule has 3 heterocycles. The molecule has 1 aromatic heterocycles. The lowest BCUT2D eigenvalue weighted by Crippen LogP contribution is -2.48. The summed E-state index contributed by atoms with van der Waals surface area (Å²) in [6.45, 7) is 3.80. The number of rotatable bonds is 6. The van der Waals surface area contributed by atoms with Gasteiger partial charge in [0.15, 0.2) is 11.5 Å². The number of halogens is 3. The number of thiazole rings is 1. The highest BCUT2D eigenvalue weighted by molar-refractivity contribution is 7.22. The monoisotopic (exact) mass is 547 g/mol. The number of benzene rings is 2. The number of piperazine rings is 1. The van der Waals surface area contributed by atoms with Crippen molar-refractivity contribution in [1.29, 1.82) is 0 Å². The van der Waals surface area contributed by atoms with Crippen molar-refractivity contribution in [3.63, 3.8) is 0 Å². The molecule has 0 bridgehead atoms. The highest BCUT2D eigenvalue weighted by atomic mass is 32.1. The molecule has 2 aromatic carbocycles. The largest absolute Gasteiger partial charge is 0.455 e. The molecule has 0 spiro atoms. The zero-order valence-corrected chi connectivity index (χ0v) is 21.1. The van der Waals surface area contributed by atoms with Gasteiger partial charge in [-0.3, -0.25) is 14.5 Å². The van der Waals surface area contributed by atoms with E-state index in [1.807, 2.05) is 18.2 Å². The van der Waals surface area contributed by atoms with Crippen molar-refractivity contribution in [2.75, 3.05) is 38.0 Å². The average Bonchev–Trinajstić information content (AvgIpc) is 3.54. The van der Waals surface area contributed by atoms with Crippen LogP contribution in [0.25, 0.3) is 10.2 Å². The van der Waals surface area contributed by atoms with Gasteiger partial charge in [-0.2, -0.15) is 13.2 Å². The number of Topliss-reactive ketones (excluding diaryl/α,β-unsaturated/α-hetero) is 1. The minimum Gasteiger partial charge on any atom is -0.454 e. The third kappa shape index (κ3) is 5.17. The smallest absolute Gasteiger partial charge is 0.454 e. The molecule has 1 fully saturated rings. The molecule has 38 heavy (non-hydrogen) atoms. The highest BCUT2D eigenvalue weighted by Crippen LogP contribution is 2.33. The lowest BCUT2D eigenvalue weighted by Gasteiger charge is -2.37. The summed E-state index contributed by atoms with van der Waals surface area (Å²) in [5, 5.41) is 0.508. The fraction of sp³-hybridized carbons (Fsp3) is 0.320. The highest BCUT2D eigenvalue weighted by Gasteiger charge is 2.46. The van der Waals surface area contributed by atoms with Crippen LogP contribution in [0.2, 0.25) is 0 Å². The van der Waals surface area contributed by atoms with Gasteiger partial charge in [-0.25, -0.2) is 15.8 Å². The number of nitrogens with two attached hydrogens (primary N) is 1. The molecule has 9 nitrogen and oxygen atoms in total. The summed E-state index contributed by atoms with van der Waals surface area (Å²) in [7, 11) is 0. The van der Waals surface area contributed by atoms with Crippen LogP contribution in [0.15, 0.2) is 53.7 Å². The third-order valence-electron chi connectivity index (χ3n) is 6.46. The molecule has 2 aliphatic rings. The molecule has 3 aromatic rings. The molecule has 1 saturated heterocycles. The number of para-hydroxylation sites is 1. The number of carbonyl (C=O) groups excluding carboxylic acids is 2. The topological polar surface area (TPSA) is 101 Å². The molecule has 0 radical (unpaired) electrons. The first kappa shape index (κ1) is 25.9. The molecule has 0 unspecified atom stereocenters. The van der Waals surface area contributed by atoms with Crippen LogP contribution < -0.4 is 20.3 Å². The Morgan fingerprint density at radius 3 is 2.50 bits per heavy atom. The Kier molecular flexibility index (Phi) is 6.99. The number of alkyl halides is 3. The molecular weight excluding hydrogens is 523 g/mol. The van der Waals surface area contributed by atoms with E-state index in [0.29, 0.717) is 59.4 Å². The van der Waals surface area contributed by atoms with Crippen LogP contribution in [-0.4, -0.2) is 65.6 Å². The number of ketones is 1. The molecule has 200 valence electrons. The van der Waals surface area contributed by atoms with Crippen molar-refractivity contribution < 1.29 is 32.2 Å². The lowest BCUT2D eigenvalue weighted by atomic mass is 10.1. The fourth-order valence-electron chi connectivity index (χ4n) is 4.43. The van der Waals surface area contributed by atoms with E-state index in [1.54, 1.807) is 29.2 Å². The Hall–Kier alpha value is -3.68. The number of ether oxygens (including phenoxy) is 2. The molecule has 0 aliphatic carbocycles. The van der Waals surface area contributed by atoms with E-state index < -0.39 is 23.4 Å². The van der Waals surface area contributed by atoms with Gasteiger partial charge in [-0.05, 0) is 36.8 Å². The van der Waals surface area contributed by atoms with Gasteiger partial charge >= 0.3 is 6.18 Å². The Morgan fingerprint density at radius 2 is 1.79 bits per heavy atom.